The molecule has 3 aliphatic rings. The Hall–Kier alpha value is -2.54. The fourth-order valence-electron chi connectivity index (χ4n) is 4.30. The lowest BCUT2D eigenvalue weighted by molar-refractivity contribution is -0.417. The molecular formula is C22H19N. The summed E-state index contributed by atoms with van der Waals surface area (Å²) in [6, 6.07) is 12.8. The quantitative estimate of drug-likeness (QED) is 0.547. The molecule has 0 spiro atoms. The molecule has 0 unspecified atom stereocenters. The van der Waals surface area contributed by atoms with Crippen molar-refractivity contribution in [3.63, 3.8) is 0 Å². The SMILES string of the molecule is C=[N+]1C=CC=C[C-]1c1cc2c3c(c1)CCc1cccc(c1-3)CC2. The fourth-order valence-corrected chi connectivity index (χ4v) is 4.30. The second-order valence-electron chi connectivity index (χ2n) is 6.68. The van der Waals surface area contributed by atoms with Crippen molar-refractivity contribution >= 4 is 6.72 Å². The lowest BCUT2D eigenvalue weighted by Gasteiger charge is -2.32. The summed E-state index contributed by atoms with van der Waals surface area (Å²) < 4.78 is 1.97. The van der Waals surface area contributed by atoms with Crippen molar-refractivity contribution in [3.05, 3.63) is 88.6 Å². The van der Waals surface area contributed by atoms with Gasteiger partial charge in [0.05, 0.1) is 6.72 Å². The summed E-state index contributed by atoms with van der Waals surface area (Å²) in [6.07, 6.45) is 12.9. The summed E-state index contributed by atoms with van der Waals surface area (Å²) in [5.74, 6) is 0. The Balaban J connectivity index is 1.71. The van der Waals surface area contributed by atoms with E-state index in [1.807, 2.05) is 16.9 Å². The molecule has 0 bridgehead atoms. The first-order valence-corrected chi connectivity index (χ1v) is 8.40. The van der Waals surface area contributed by atoms with Crippen LogP contribution >= 0.6 is 0 Å². The van der Waals surface area contributed by atoms with Crippen LogP contribution in [-0.2, 0) is 25.7 Å². The molecule has 0 N–H and O–H groups in total. The first kappa shape index (κ1) is 13.0. The van der Waals surface area contributed by atoms with Gasteiger partial charge < -0.3 is 0 Å². The van der Waals surface area contributed by atoms with Crippen LogP contribution in [0, 0.1) is 6.04 Å². The molecule has 1 aliphatic heterocycles. The van der Waals surface area contributed by atoms with Crippen molar-refractivity contribution in [2.75, 3.05) is 0 Å². The van der Waals surface area contributed by atoms with E-state index in [1.54, 1.807) is 0 Å². The van der Waals surface area contributed by atoms with Crippen LogP contribution in [0.25, 0.3) is 11.1 Å². The first-order chi connectivity index (χ1) is 11.3. The van der Waals surface area contributed by atoms with Gasteiger partial charge in [-0.25, -0.2) is 0 Å². The maximum absolute atomic E-state index is 4.13. The summed E-state index contributed by atoms with van der Waals surface area (Å²) in [5.41, 5.74) is 10.5. The van der Waals surface area contributed by atoms with Crippen LogP contribution in [0.5, 0.6) is 0 Å². The van der Waals surface area contributed by atoms with Crippen molar-refractivity contribution in [3.8, 4) is 11.1 Å². The van der Waals surface area contributed by atoms with E-state index in [0.29, 0.717) is 0 Å². The summed E-state index contributed by atoms with van der Waals surface area (Å²) in [5, 5.41) is 0. The zero-order valence-electron chi connectivity index (χ0n) is 13.2. The van der Waals surface area contributed by atoms with Crippen molar-refractivity contribution in [1.82, 2.24) is 0 Å². The van der Waals surface area contributed by atoms with Gasteiger partial charge in [0, 0.05) is 0 Å². The van der Waals surface area contributed by atoms with Gasteiger partial charge in [-0.05, 0) is 59.6 Å². The van der Waals surface area contributed by atoms with Crippen LogP contribution in [0.1, 0.15) is 27.8 Å². The summed E-state index contributed by atoms with van der Waals surface area (Å²) in [7, 11) is 0. The van der Waals surface area contributed by atoms with Crippen molar-refractivity contribution < 1.29 is 4.58 Å². The minimum atomic E-state index is 1.15. The first-order valence-electron chi connectivity index (χ1n) is 8.40. The third-order valence-corrected chi connectivity index (χ3v) is 5.35. The van der Waals surface area contributed by atoms with E-state index in [1.165, 1.54) is 45.0 Å². The Labute approximate surface area is 137 Å². The Morgan fingerprint density at radius 2 is 1.43 bits per heavy atom. The van der Waals surface area contributed by atoms with Gasteiger partial charge in [0.1, 0.15) is 12.2 Å². The lowest BCUT2D eigenvalue weighted by atomic mass is 9.74. The fraction of sp³-hybridized carbons (Fsp3) is 0.182. The highest BCUT2D eigenvalue weighted by atomic mass is 15.0. The lowest BCUT2D eigenvalue weighted by Crippen LogP contribution is -2.18. The molecule has 0 radical (unpaired) electrons. The number of benzene rings is 2. The molecule has 0 fully saturated rings. The van der Waals surface area contributed by atoms with Crippen LogP contribution in [0.2, 0.25) is 0 Å². The van der Waals surface area contributed by atoms with Crippen LogP contribution < -0.4 is 0 Å². The number of allylic oxidation sites excluding steroid dienone is 2. The monoisotopic (exact) mass is 297 g/mol. The molecule has 1 nitrogen and oxygen atoms in total. The molecule has 5 rings (SSSR count). The summed E-state index contributed by atoms with van der Waals surface area (Å²) in [6.45, 7) is 4.13. The Morgan fingerprint density at radius 1 is 0.826 bits per heavy atom. The van der Waals surface area contributed by atoms with Crippen molar-refractivity contribution in [2.45, 2.75) is 25.7 Å². The molecule has 0 saturated carbocycles. The molecule has 0 saturated heterocycles. The van der Waals surface area contributed by atoms with Gasteiger partial charge in [0.25, 0.3) is 0 Å². The number of hydrogen-bond acceptors (Lipinski definition) is 0. The van der Waals surface area contributed by atoms with Gasteiger partial charge in [0.2, 0.25) is 0 Å². The van der Waals surface area contributed by atoms with Crippen LogP contribution in [0.15, 0.2) is 54.8 Å². The number of hydrogen-bond donors (Lipinski definition) is 0. The standard InChI is InChI=1S/C22H19N/c1-23-12-3-2-7-20(23)19-13-17-10-8-15-5-4-6-16-9-11-18(14-19)22(17)21(15)16/h2-7,12-14H,1,8-11H2. The second-order valence-corrected chi connectivity index (χ2v) is 6.68. The molecule has 23 heavy (non-hydrogen) atoms. The largest absolute Gasteiger partial charge is 0.255 e. The summed E-state index contributed by atoms with van der Waals surface area (Å²) >= 11 is 0. The average Bonchev–Trinajstić information content (AvgIpc) is 2.60. The van der Waals surface area contributed by atoms with E-state index in [4.69, 9.17) is 0 Å². The predicted octanol–water partition coefficient (Wildman–Crippen LogP) is 4.23. The van der Waals surface area contributed by atoms with E-state index in [-0.39, 0.29) is 0 Å². The van der Waals surface area contributed by atoms with E-state index in [9.17, 15) is 0 Å². The Morgan fingerprint density at radius 3 is 2.09 bits per heavy atom. The predicted molar refractivity (Wildman–Crippen MR) is 94.7 cm³/mol. The highest BCUT2D eigenvalue weighted by Crippen LogP contribution is 2.43. The van der Waals surface area contributed by atoms with Crippen molar-refractivity contribution in [1.29, 1.82) is 0 Å². The van der Waals surface area contributed by atoms with Crippen LogP contribution in [0.3, 0.4) is 0 Å². The zero-order valence-corrected chi connectivity index (χ0v) is 13.2. The molecule has 112 valence electrons. The van der Waals surface area contributed by atoms with Gasteiger partial charge in [-0.1, -0.05) is 47.5 Å². The molecule has 2 aromatic carbocycles. The van der Waals surface area contributed by atoms with Gasteiger partial charge in [-0.2, -0.15) is 0 Å². The Bertz CT molecular complexity index is 851. The minimum absolute atomic E-state index is 1.15. The molecule has 0 aromatic heterocycles. The maximum atomic E-state index is 4.13. The molecule has 0 atom stereocenters. The van der Waals surface area contributed by atoms with Crippen LogP contribution in [0.4, 0.5) is 0 Å². The van der Waals surface area contributed by atoms with Gasteiger partial charge in [0.15, 0.2) is 0 Å². The van der Waals surface area contributed by atoms with Gasteiger partial charge in [-0.15, -0.1) is 6.08 Å². The van der Waals surface area contributed by atoms with Crippen LogP contribution in [-0.4, -0.2) is 11.3 Å². The molecule has 1 heteroatoms. The molecule has 0 amide bonds. The molecule has 2 aromatic rings. The smallest absolute Gasteiger partial charge is 0.146 e. The van der Waals surface area contributed by atoms with Crippen molar-refractivity contribution in [2.24, 2.45) is 0 Å². The van der Waals surface area contributed by atoms with E-state index in [0.717, 1.165) is 25.7 Å². The van der Waals surface area contributed by atoms with E-state index >= 15 is 0 Å². The Kier molecular flexibility index (Phi) is 2.66. The van der Waals surface area contributed by atoms with E-state index in [2.05, 4.69) is 49.2 Å². The number of rotatable bonds is 1. The van der Waals surface area contributed by atoms with Gasteiger partial charge in [-0.3, -0.25) is 4.58 Å². The molecule has 1 heterocycles. The van der Waals surface area contributed by atoms with Gasteiger partial charge >= 0.3 is 0 Å². The number of nitrogens with zero attached hydrogens (tertiary/aromatic N) is 1. The van der Waals surface area contributed by atoms with E-state index < -0.39 is 0 Å². The second kappa shape index (κ2) is 4.73. The highest BCUT2D eigenvalue weighted by molar-refractivity contribution is 5.81. The summed E-state index contributed by atoms with van der Waals surface area (Å²) in [4.78, 5) is 0. The molecular weight excluding hydrogens is 278 g/mol. The topological polar surface area (TPSA) is 3.01 Å². The number of aryl methyl sites for hydroxylation is 4. The average molecular weight is 297 g/mol. The third-order valence-electron chi connectivity index (χ3n) is 5.35. The zero-order chi connectivity index (χ0) is 15.4. The highest BCUT2D eigenvalue weighted by Gasteiger charge is 2.26. The normalized spacial score (nSPS) is 17.4. The molecule has 2 aliphatic carbocycles. The minimum Gasteiger partial charge on any atom is -0.255 e. The maximum Gasteiger partial charge on any atom is 0.146 e. The third kappa shape index (κ3) is 1.86.